The topological polar surface area (TPSA) is 26.0 Å². The van der Waals surface area contributed by atoms with E-state index in [0.29, 0.717) is 5.69 Å². The van der Waals surface area contributed by atoms with Crippen molar-refractivity contribution in [1.82, 2.24) is 0 Å². The van der Waals surface area contributed by atoms with Gasteiger partial charge >= 0.3 is 0 Å². The fourth-order valence-corrected chi connectivity index (χ4v) is 1.85. The molecule has 0 radical (unpaired) electrons. The van der Waals surface area contributed by atoms with E-state index in [1.165, 1.54) is 0 Å². The highest BCUT2D eigenvalue weighted by atomic mass is 35.5. The van der Waals surface area contributed by atoms with E-state index >= 15 is 0 Å². The normalized spacial score (nSPS) is 15.4. The predicted octanol–water partition coefficient (Wildman–Crippen LogP) is 3.87. The van der Waals surface area contributed by atoms with E-state index < -0.39 is 0 Å². The van der Waals surface area contributed by atoms with Crippen molar-refractivity contribution in [3.63, 3.8) is 0 Å². The number of hydrogen-bond donors (Lipinski definition) is 1. The van der Waals surface area contributed by atoms with Gasteiger partial charge in [-0.15, -0.1) is 23.2 Å². The van der Waals surface area contributed by atoms with Crippen LogP contribution in [0, 0.1) is 0 Å². The molecule has 1 rings (SSSR count). The third kappa shape index (κ3) is 2.29. The molecule has 0 aliphatic carbocycles. The highest BCUT2D eigenvalue weighted by molar-refractivity contribution is 6.22. The fourth-order valence-electron chi connectivity index (χ4n) is 1.41. The van der Waals surface area contributed by atoms with Gasteiger partial charge in [-0.05, 0) is 31.0 Å². The van der Waals surface area contributed by atoms with E-state index in [2.05, 4.69) is 0 Å². The van der Waals surface area contributed by atoms with Crippen molar-refractivity contribution >= 4 is 28.9 Å². The van der Waals surface area contributed by atoms with Gasteiger partial charge in [0, 0.05) is 5.69 Å². The lowest BCUT2D eigenvalue weighted by molar-refractivity contribution is 0.989. The quantitative estimate of drug-likeness (QED) is 0.591. The summed E-state index contributed by atoms with van der Waals surface area (Å²) in [6.45, 7) is 3.81. The number of nitrogens with two attached hydrogens (primary N) is 1. The maximum absolute atomic E-state index is 6.02. The molecule has 0 aliphatic heterocycles. The number of alkyl halides is 2. The highest BCUT2D eigenvalue weighted by Crippen LogP contribution is 2.34. The van der Waals surface area contributed by atoms with Gasteiger partial charge in [0.25, 0.3) is 0 Å². The summed E-state index contributed by atoms with van der Waals surface area (Å²) in [6.07, 6.45) is 0. The lowest BCUT2D eigenvalue weighted by atomic mass is 10.0. The van der Waals surface area contributed by atoms with Gasteiger partial charge in [0.15, 0.2) is 0 Å². The van der Waals surface area contributed by atoms with Crippen molar-refractivity contribution in [3.8, 4) is 0 Å². The number of nitrogen functional groups attached to an aromatic ring is 1. The van der Waals surface area contributed by atoms with Crippen LogP contribution in [0.3, 0.4) is 0 Å². The Bertz CT molecular complexity index is 295. The van der Waals surface area contributed by atoms with Crippen molar-refractivity contribution in [2.45, 2.75) is 24.6 Å². The van der Waals surface area contributed by atoms with Gasteiger partial charge in [-0.1, -0.05) is 12.1 Å². The molecule has 2 unspecified atom stereocenters. The minimum atomic E-state index is -0.0996. The van der Waals surface area contributed by atoms with Crippen LogP contribution in [0.2, 0.25) is 0 Å². The lowest BCUT2D eigenvalue weighted by Gasteiger charge is -2.15. The van der Waals surface area contributed by atoms with Crippen LogP contribution in [0.4, 0.5) is 5.69 Å². The number of benzene rings is 1. The van der Waals surface area contributed by atoms with E-state index in [0.717, 1.165) is 11.1 Å². The summed E-state index contributed by atoms with van der Waals surface area (Å²) < 4.78 is 0. The Morgan fingerprint density at radius 3 is 2.15 bits per heavy atom. The minimum absolute atomic E-state index is 0.0558. The molecule has 2 atom stereocenters. The van der Waals surface area contributed by atoms with Crippen molar-refractivity contribution in [2.75, 3.05) is 5.73 Å². The minimum Gasteiger partial charge on any atom is -0.398 e. The monoisotopic (exact) mass is 217 g/mol. The summed E-state index contributed by atoms with van der Waals surface area (Å²) in [6, 6.07) is 5.70. The van der Waals surface area contributed by atoms with Crippen LogP contribution in [0.25, 0.3) is 0 Å². The summed E-state index contributed by atoms with van der Waals surface area (Å²) >= 11 is 12.0. The van der Waals surface area contributed by atoms with Crippen LogP contribution in [0.5, 0.6) is 0 Å². The Labute approximate surface area is 88.8 Å². The van der Waals surface area contributed by atoms with Crippen LogP contribution >= 0.6 is 23.2 Å². The van der Waals surface area contributed by atoms with Gasteiger partial charge in [0.2, 0.25) is 0 Å². The Balaban J connectivity index is 3.26. The number of rotatable bonds is 2. The second-order valence-corrected chi connectivity index (χ2v) is 4.39. The fraction of sp³-hybridized carbons (Fsp3) is 0.400. The SMILES string of the molecule is CC(Cl)c1cccc(N)c1C(C)Cl. The number of hydrogen-bond acceptors (Lipinski definition) is 1. The molecule has 0 bridgehead atoms. The molecule has 0 fully saturated rings. The molecule has 0 aromatic heterocycles. The molecule has 0 saturated carbocycles. The first-order valence-corrected chi connectivity index (χ1v) is 5.07. The average Bonchev–Trinajstić information content (AvgIpc) is 2.02. The zero-order valence-electron chi connectivity index (χ0n) is 7.72. The Kier molecular flexibility index (Phi) is 3.46. The number of halogens is 2. The maximum Gasteiger partial charge on any atom is 0.0580 e. The second kappa shape index (κ2) is 4.21. The molecular formula is C10H13Cl2N. The molecule has 1 aromatic carbocycles. The molecular weight excluding hydrogens is 205 g/mol. The zero-order chi connectivity index (χ0) is 10.0. The summed E-state index contributed by atoms with van der Waals surface area (Å²) in [5.41, 5.74) is 8.50. The Hall–Kier alpha value is -0.400. The second-order valence-electron chi connectivity index (χ2n) is 3.08. The molecule has 1 aromatic rings. The Morgan fingerprint density at radius 2 is 1.77 bits per heavy atom. The summed E-state index contributed by atoms with van der Waals surface area (Å²) in [7, 11) is 0. The molecule has 1 nitrogen and oxygen atoms in total. The van der Waals surface area contributed by atoms with Crippen molar-refractivity contribution in [3.05, 3.63) is 29.3 Å². The van der Waals surface area contributed by atoms with Crippen molar-refractivity contribution in [2.24, 2.45) is 0 Å². The van der Waals surface area contributed by atoms with Crippen LogP contribution in [-0.2, 0) is 0 Å². The predicted molar refractivity (Wildman–Crippen MR) is 59.4 cm³/mol. The van der Waals surface area contributed by atoms with Gasteiger partial charge in [-0.25, -0.2) is 0 Å². The van der Waals surface area contributed by atoms with E-state index in [1.807, 2.05) is 32.0 Å². The van der Waals surface area contributed by atoms with Gasteiger partial charge in [-0.3, -0.25) is 0 Å². The molecule has 0 amide bonds. The van der Waals surface area contributed by atoms with Crippen LogP contribution < -0.4 is 5.73 Å². The van der Waals surface area contributed by atoms with E-state index in [-0.39, 0.29) is 10.8 Å². The van der Waals surface area contributed by atoms with Gasteiger partial charge in [0.05, 0.1) is 10.8 Å². The van der Waals surface area contributed by atoms with Crippen LogP contribution in [0.1, 0.15) is 35.7 Å². The smallest absolute Gasteiger partial charge is 0.0580 e. The maximum atomic E-state index is 6.02. The summed E-state index contributed by atoms with van der Waals surface area (Å²) in [4.78, 5) is 0. The number of anilines is 1. The summed E-state index contributed by atoms with van der Waals surface area (Å²) in [5.74, 6) is 0. The highest BCUT2D eigenvalue weighted by Gasteiger charge is 2.14. The van der Waals surface area contributed by atoms with E-state index in [4.69, 9.17) is 28.9 Å². The lowest BCUT2D eigenvalue weighted by Crippen LogP contribution is -2.01. The molecule has 0 heterocycles. The third-order valence-corrected chi connectivity index (χ3v) is 2.45. The first-order chi connectivity index (χ1) is 6.04. The van der Waals surface area contributed by atoms with Gasteiger partial charge in [0.1, 0.15) is 0 Å². The third-order valence-electron chi connectivity index (χ3n) is 2.00. The Morgan fingerprint density at radius 1 is 1.15 bits per heavy atom. The first-order valence-electron chi connectivity index (χ1n) is 4.20. The summed E-state index contributed by atoms with van der Waals surface area (Å²) in [5, 5.41) is -0.155. The zero-order valence-corrected chi connectivity index (χ0v) is 9.23. The molecule has 72 valence electrons. The van der Waals surface area contributed by atoms with E-state index in [9.17, 15) is 0 Å². The van der Waals surface area contributed by atoms with Crippen LogP contribution in [0.15, 0.2) is 18.2 Å². The molecule has 3 heteroatoms. The largest absolute Gasteiger partial charge is 0.398 e. The molecule has 0 spiro atoms. The van der Waals surface area contributed by atoms with Crippen molar-refractivity contribution < 1.29 is 0 Å². The van der Waals surface area contributed by atoms with Crippen molar-refractivity contribution in [1.29, 1.82) is 0 Å². The standard InChI is InChI=1S/C10H13Cl2N/c1-6(11)8-4-3-5-9(13)10(8)7(2)12/h3-7H,13H2,1-2H3. The molecule has 2 N–H and O–H groups in total. The van der Waals surface area contributed by atoms with E-state index in [1.54, 1.807) is 0 Å². The first kappa shape index (κ1) is 10.7. The molecule has 0 aliphatic rings. The van der Waals surface area contributed by atoms with Crippen LogP contribution in [-0.4, -0.2) is 0 Å². The van der Waals surface area contributed by atoms with Gasteiger partial charge < -0.3 is 5.73 Å². The molecule has 13 heavy (non-hydrogen) atoms. The molecule has 0 saturated heterocycles. The van der Waals surface area contributed by atoms with Gasteiger partial charge in [-0.2, -0.15) is 0 Å². The average molecular weight is 218 g/mol.